The Morgan fingerprint density at radius 1 is 1.41 bits per heavy atom. The van der Waals surface area contributed by atoms with Gasteiger partial charge in [-0.15, -0.1) is 11.8 Å². The molecule has 4 nitrogen and oxygen atoms in total. The van der Waals surface area contributed by atoms with Crippen LogP contribution in [0, 0.1) is 5.92 Å². The maximum atomic E-state index is 11.8. The Labute approximate surface area is 104 Å². The van der Waals surface area contributed by atoms with Crippen LogP contribution in [0.15, 0.2) is 29.2 Å². The van der Waals surface area contributed by atoms with Crippen LogP contribution in [0.3, 0.4) is 0 Å². The lowest BCUT2D eigenvalue weighted by atomic mass is 10.1. The molecule has 1 atom stereocenters. The number of primary amides is 1. The second kappa shape index (κ2) is 4.79. The molecular weight excluding hydrogens is 236 g/mol. The van der Waals surface area contributed by atoms with Crippen LogP contribution in [-0.2, 0) is 9.59 Å². The number of nitrogens with zero attached hydrogens (tertiary/aromatic N) is 1. The number of rotatable bonds is 3. The minimum Gasteiger partial charge on any atom is -0.369 e. The molecule has 0 radical (unpaired) electrons. The van der Waals surface area contributed by atoms with Crippen molar-refractivity contribution in [2.24, 2.45) is 11.7 Å². The summed E-state index contributed by atoms with van der Waals surface area (Å²) in [6.07, 6.45) is 2.22. The van der Waals surface area contributed by atoms with Gasteiger partial charge in [-0.05, 0) is 30.5 Å². The highest BCUT2D eigenvalue weighted by Crippen LogP contribution is 2.26. The van der Waals surface area contributed by atoms with E-state index in [1.54, 1.807) is 16.7 Å². The van der Waals surface area contributed by atoms with E-state index in [9.17, 15) is 9.59 Å². The molecule has 0 spiro atoms. The van der Waals surface area contributed by atoms with Crippen LogP contribution in [0.5, 0.6) is 0 Å². The van der Waals surface area contributed by atoms with E-state index in [4.69, 9.17) is 5.73 Å². The molecule has 1 aromatic rings. The number of anilines is 1. The van der Waals surface area contributed by atoms with Gasteiger partial charge in [0.25, 0.3) is 0 Å². The van der Waals surface area contributed by atoms with Crippen LogP contribution in [-0.4, -0.2) is 24.6 Å². The van der Waals surface area contributed by atoms with Gasteiger partial charge in [-0.1, -0.05) is 0 Å². The number of carbonyl (C=O) groups excluding carboxylic acids is 2. The summed E-state index contributed by atoms with van der Waals surface area (Å²) in [4.78, 5) is 25.6. The molecule has 0 aromatic heterocycles. The second-order valence-corrected chi connectivity index (χ2v) is 4.89. The molecule has 0 saturated carbocycles. The van der Waals surface area contributed by atoms with Gasteiger partial charge in [-0.3, -0.25) is 9.59 Å². The van der Waals surface area contributed by atoms with Gasteiger partial charge < -0.3 is 10.6 Å². The lowest BCUT2D eigenvalue weighted by molar-refractivity contribution is -0.123. The van der Waals surface area contributed by atoms with Crippen molar-refractivity contribution in [3.05, 3.63) is 24.3 Å². The van der Waals surface area contributed by atoms with Crippen LogP contribution in [0.1, 0.15) is 6.42 Å². The number of hydrogen-bond acceptors (Lipinski definition) is 3. The fourth-order valence-electron chi connectivity index (χ4n) is 1.91. The summed E-state index contributed by atoms with van der Waals surface area (Å²) in [7, 11) is 0. The quantitative estimate of drug-likeness (QED) is 0.821. The molecule has 1 unspecified atom stereocenters. The molecule has 1 aromatic carbocycles. The van der Waals surface area contributed by atoms with Gasteiger partial charge in [0.05, 0.1) is 5.92 Å². The lowest BCUT2D eigenvalue weighted by Crippen LogP contribution is -2.28. The Bertz CT molecular complexity index is 444. The van der Waals surface area contributed by atoms with Crippen LogP contribution in [0.4, 0.5) is 5.69 Å². The smallest absolute Gasteiger partial charge is 0.227 e. The molecule has 1 saturated heterocycles. The maximum absolute atomic E-state index is 11.8. The Morgan fingerprint density at radius 3 is 2.53 bits per heavy atom. The predicted octanol–water partition coefficient (Wildman–Crippen LogP) is 1.25. The largest absolute Gasteiger partial charge is 0.369 e. The van der Waals surface area contributed by atoms with Gasteiger partial charge in [-0.2, -0.15) is 0 Å². The van der Waals surface area contributed by atoms with Crippen molar-refractivity contribution >= 4 is 29.3 Å². The molecule has 17 heavy (non-hydrogen) atoms. The summed E-state index contributed by atoms with van der Waals surface area (Å²) in [6, 6.07) is 7.72. The summed E-state index contributed by atoms with van der Waals surface area (Å²) in [5.41, 5.74) is 6.05. The zero-order chi connectivity index (χ0) is 12.4. The normalized spacial score (nSPS) is 19.7. The van der Waals surface area contributed by atoms with Crippen molar-refractivity contribution in [1.29, 1.82) is 0 Å². The molecule has 1 fully saturated rings. The van der Waals surface area contributed by atoms with E-state index >= 15 is 0 Å². The predicted molar refractivity (Wildman–Crippen MR) is 67.9 cm³/mol. The van der Waals surface area contributed by atoms with Crippen molar-refractivity contribution < 1.29 is 9.59 Å². The molecule has 0 bridgehead atoms. The van der Waals surface area contributed by atoms with Gasteiger partial charge in [0.1, 0.15) is 0 Å². The first-order valence-electron chi connectivity index (χ1n) is 5.35. The van der Waals surface area contributed by atoms with Gasteiger partial charge in [-0.25, -0.2) is 0 Å². The molecule has 2 amide bonds. The highest BCUT2D eigenvalue weighted by molar-refractivity contribution is 7.98. The van der Waals surface area contributed by atoms with E-state index in [1.165, 1.54) is 0 Å². The first-order chi connectivity index (χ1) is 8.11. The molecule has 90 valence electrons. The van der Waals surface area contributed by atoms with Gasteiger partial charge >= 0.3 is 0 Å². The van der Waals surface area contributed by atoms with Gasteiger partial charge in [0.15, 0.2) is 0 Å². The molecule has 1 heterocycles. The Kier molecular flexibility index (Phi) is 3.38. The van der Waals surface area contributed by atoms with E-state index < -0.39 is 5.91 Å². The summed E-state index contributed by atoms with van der Waals surface area (Å²) < 4.78 is 0. The van der Waals surface area contributed by atoms with E-state index in [0.717, 1.165) is 10.6 Å². The fraction of sp³-hybridized carbons (Fsp3) is 0.333. The Balaban J connectivity index is 2.17. The van der Waals surface area contributed by atoms with Crippen molar-refractivity contribution in [2.45, 2.75) is 11.3 Å². The Hall–Kier alpha value is -1.49. The number of carbonyl (C=O) groups is 2. The molecule has 1 aliphatic rings. The van der Waals surface area contributed by atoms with Crippen LogP contribution in [0.2, 0.25) is 0 Å². The van der Waals surface area contributed by atoms with Crippen molar-refractivity contribution in [2.75, 3.05) is 17.7 Å². The molecule has 2 N–H and O–H groups in total. The van der Waals surface area contributed by atoms with E-state index in [0.29, 0.717) is 6.54 Å². The average Bonchev–Trinajstić information content (AvgIpc) is 2.72. The summed E-state index contributed by atoms with van der Waals surface area (Å²) in [6.45, 7) is 0.396. The van der Waals surface area contributed by atoms with Gasteiger partial charge in [0, 0.05) is 23.5 Å². The molecule has 5 heteroatoms. The van der Waals surface area contributed by atoms with Crippen LogP contribution in [0.25, 0.3) is 0 Å². The van der Waals surface area contributed by atoms with Crippen molar-refractivity contribution in [3.8, 4) is 0 Å². The number of benzene rings is 1. The topological polar surface area (TPSA) is 63.4 Å². The lowest BCUT2D eigenvalue weighted by Gasteiger charge is -2.16. The SMILES string of the molecule is CSc1ccc(N2CC(C(N)=O)CC2=O)cc1. The zero-order valence-corrected chi connectivity index (χ0v) is 10.4. The fourth-order valence-corrected chi connectivity index (χ4v) is 2.32. The second-order valence-electron chi connectivity index (χ2n) is 4.01. The summed E-state index contributed by atoms with van der Waals surface area (Å²) in [5, 5.41) is 0. The molecule has 0 aliphatic carbocycles. The molecular formula is C12H14N2O2S. The first kappa shape index (κ1) is 12.0. The van der Waals surface area contributed by atoms with Crippen molar-refractivity contribution in [3.63, 3.8) is 0 Å². The standard InChI is InChI=1S/C12H14N2O2S/c1-17-10-4-2-9(3-5-10)14-7-8(12(13)16)6-11(14)15/h2-5,8H,6-7H2,1H3,(H2,13,16). The van der Waals surface area contributed by atoms with Crippen molar-refractivity contribution in [1.82, 2.24) is 0 Å². The highest BCUT2D eigenvalue weighted by Gasteiger charge is 2.33. The monoisotopic (exact) mass is 250 g/mol. The average molecular weight is 250 g/mol. The Morgan fingerprint density at radius 2 is 2.06 bits per heavy atom. The number of nitrogens with two attached hydrogens (primary N) is 1. The van der Waals surface area contributed by atoms with E-state index in [-0.39, 0.29) is 18.2 Å². The third kappa shape index (κ3) is 2.44. The first-order valence-corrected chi connectivity index (χ1v) is 6.58. The van der Waals surface area contributed by atoms with E-state index in [2.05, 4.69) is 0 Å². The summed E-state index contributed by atoms with van der Waals surface area (Å²) in [5.74, 6) is -0.796. The van der Waals surface area contributed by atoms with Crippen LogP contribution < -0.4 is 10.6 Å². The van der Waals surface area contributed by atoms with Gasteiger partial charge in [0.2, 0.25) is 11.8 Å². The minimum atomic E-state index is -0.401. The zero-order valence-electron chi connectivity index (χ0n) is 9.55. The third-order valence-corrected chi connectivity index (χ3v) is 3.66. The minimum absolute atomic E-state index is 0.0364. The summed E-state index contributed by atoms with van der Waals surface area (Å²) >= 11 is 1.65. The highest BCUT2D eigenvalue weighted by atomic mass is 32.2. The number of amides is 2. The number of thioether (sulfide) groups is 1. The van der Waals surface area contributed by atoms with Crippen LogP contribution >= 0.6 is 11.8 Å². The number of hydrogen-bond donors (Lipinski definition) is 1. The van der Waals surface area contributed by atoms with E-state index in [1.807, 2.05) is 30.5 Å². The maximum Gasteiger partial charge on any atom is 0.227 e. The molecule has 1 aliphatic heterocycles. The molecule has 2 rings (SSSR count). The third-order valence-electron chi connectivity index (χ3n) is 2.91.